The van der Waals surface area contributed by atoms with Crippen molar-refractivity contribution in [2.24, 2.45) is 0 Å². The normalized spacial score (nSPS) is 12.3. The van der Waals surface area contributed by atoms with E-state index in [0.717, 1.165) is 113 Å². The van der Waals surface area contributed by atoms with Crippen molar-refractivity contribution in [1.82, 2.24) is 37.9 Å². The predicted octanol–water partition coefficient (Wildman–Crippen LogP) is 13.3. The number of nitrogens with zero attached hydrogens (tertiary/aromatic N) is 6. The van der Waals surface area contributed by atoms with Crippen LogP contribution < -0.4 is 17.9 Å². The van der Waals surface area contributed by atoms with Gasteiger partial charge in [0, 0.05) is 44.3 Å². The second-order valence-corrected chi connectivity index (χ2v) is 24.4. The first-order valence-corrected chi connectivity index (χ1v) is 26.6. The molecule has 3 aromatic heterocycles. The molecule has 0 fully saturated rings. The van der Waals surface area contributed by atoms with Crippen LogP contribution in [0.4, 0.5) is 22.7 Å². The Morgan fingerprint density at radius 1 is 0.342 bits per heavy atom. The minimum absolute atomic E-state index is 0. The van der Waals surface area contributed by atoms with Crippen LogP contribution in [0.3, 0.4) is 0 Å². The Morgan fingerprint density at radius 2 is 0.582 bits per heavy atom. The second-order valence-electron chi connectivity index (χ2n) is 23.0. The van der Waals surface area contributed by atoms with E-state index in [-0.39, 0.29) is 73.2 Å². The molecule has 0 saturated carbocycles. The quantitative estimate of drug-likeness (QED) is 0.0757. The number of aryl methyl sites for hydroxylation is 1. The van der Waals surface area contributed by atoms with Gasteiger partial charge in [-0.2, -0.15) is 8.42 Å². The standard InChI is InChI=1S/C56H62N8.C7H8O3S.4Fe/c1-61(2,3)41-21-13-37(14-22-41)53-45-29-31-47(57-45)54(38-15-23-42(24-16-38)62(4,5)6)49-33-35-51(59-49)56(40-19-27-44(28-20-40)64(10,11)12)52-36-34-50(60-52)55(48-32-30-46(53)58-48)39-17-25-43(26-18-39)63(7,8)9;1-6-2-4-7(5-3-6)11(8,9)10;;;;/h13-36,57-58H,1-12H3;2-5H,1H3,(H,8,9,10);;;;/q+4;;4*+2. The smallest absolute Gasteiger partial charge is 0.354 e. The van der Waals surface area contributed by atoms with Gasteiger partial charge in [0.15, 0.2) is 0 Å². The topological polar surface area (TPSA) is 112 Å². The molecule has 8 aromatic rings. The van der Waals surface area contributed by atoms with Crippen molar-refractivity contribution >= 4 is 79.2 Å². The summed E-state index contributed by atoms with van der Waals surface area (Å²) in [4.78, 5) is 18.9. The number of benzene rings is 5. The molecule has 8 bridgehead atoms. The number of hydrogen-bond donors (Lipinski definition) is 3. The summed E-state index contributed by atoms with van der Waals surface area (Å²) < 4.78 is 32.5. The summed E-state index contributed by atoms with van der Waals surface area (Å²) in [6.07, 6.45) is 8.65. The summed E-state index contributed by atoms with van der Waals surface area (Å²) in [5, 5.41) is 0. The van der Waals surface area contributed by atoms with E-state index >= 15 is 0 Å². The zero-order valence-corrected chi connectivity index (χ0v) is 52.2. The fourth-order valence-corrected chi connectivity index (χ4v) is 9.91. The number of aromatic nitrogens is 4. The molecule has 0 unspecified atom stereocenters. The van der Waals surface area contributed by atoms with Crippen molar-refractivity contribution in [3.05, 3.63) is 174 Å². The molecule has 2 aliphatic heterocycles. The average molecular weight is 1240 g/mol. The van der Waals surface area contributed by atoms with E-state index in [9.17, 15) is 8.42 Å². The zero-order chi connectivity index (χ0) is 53.8. The van der Waals surface area contributed by atoms with Crippen LogP contribution in [-0.2, 0) is 78.4 Å². The molecule has 0 saturated heterocycles. The summed E-state index contributed by atoms with van der Waals surface area (Å²) in [5.74, 6) is 0. The van der Waals surface area contributed by atoms with Crippen LogP contribution in [0.15, 0.2) is 150 Å². The minimum atomic E-state index is -4.02. The zero-order valence-electron chi connectivity index (χ0n) is 46.9. The van der Waals surface area contributed by atoms with Crippen LogP contribution in [0, 0.1) is 6.92 Å². The number of H-pyrrole nitrogens is 2. The largest absolute Gasteiger partial charge is 2.00 e. The molecule has 0 aliphatic carbocycles. The Labute approximate surface area is 509 Å². The van der Waals surface area contributed by atoms with Gasteiger partial charge in [-0.1, -0.05) is 17.7 Å². The third-order valence-corrected chi connectivity index (χ3v) is 14.7. The van der Waals surface area contributed by atoms with Crippen molar-refractivity contribution in [2.45, 2.75) is 11.8 Å². The van der Waals surface area contributed by atoms with Gasteiger partial charge >= 0.3 is 68.3 Å². The third-order valence-electron chi connectivity index (χ3n) is 13.8. The van der Waals surface area contributed by atoms with Gasteiger partial charge in [-0.05, 0) is 187 Å². The Hall–Kier alpha value is -5.47. The van der Waals surface area contributed by atoms with Crippen LogP contribution in [-0.4, -0.2) is 117 Å². The van der Waals surface area contributed by atoms with E-state index < -0.39 is 10.1 Å². The van der Waals surface area contributed by atoms with Gasteiger partial charge in [0.25, 0.3) is 10.1 Å². The van der Waals surface area contributed by atoms with Crippen LogP contribution in [0.2, 0.25) is 0 Å². The molecule has 5 heterocycles. The molecule has 2 aliphatic rings. The summed E-state index contributed by atoms with van der Waals surface area (Å²) in [6.45, 7) is 1.84. The van der Waals surface area contributed by atoms with Gasteiger partial charge in [-0.3, -0.25) is 22.5 Å². The summed E-state index contributed by atoms with van der Waals surface area (Å²) in [7, 11) is 22.4. The summed E-state index contributed by atoms with van der Waals surface area (Å²) in [5.41, 5.74) is 21.9. The van der Waals surface area contributed by atoms with E-state index in [1.807, 2.05) is 6.92 Å². The van der Waals surface area contributed by atoms with Crippen molar-refractivity contribution in [3.63, 3.8) is 0 Å². The molecular weight excluding hydrogens is 1170 g/mol. The Kier molecular flexibility index (Phi) is 20.1. The van der Waals surface area contributed by atoms with Crippen LogP contribution in [0.1, 0.15) is 28.3 Å². The number of rotatable bonds is 9. The van der Waals surface area contributed by atoms with Gasteiger partial charge in [0.05, 0.1) is 112 Å². The van der Waals surface area contributed by atoms with Crippen LogP contribution >= 0.6 is 0 Å². The molecule has 0 spiro atoms. The molecule has 79 heavy (non-hydrogen) atoms. The maximum Gasteiger partial charge on any atom is 2.00 e. The van der Waals surface area contributed by atoms with Gasteiger partial charge in [-0.25, -0.2) is 9.97 Å². The second kappa shape index (κ2) is 24.7. The number of fused-ring (bicyclic) bond motifs is 8. The number of aromatic amines is 2. The maximum absolute atomic E-state index is 10.5. The van der Waals surface area contributed by atoms with Gasteiger partial charge in [-0.15, -0.1) is 0 Å². The van der Waals surface area contributed by atoms with Gasteiger partial charge in [0.2, 0.25) is 0 Å². The number of hydrogen-bond acceptors (Lipinski definition) is 4. The Bertz CT molecular complexity index is 3650. The van der Waals surface area contributed by atoms with E-state index in [1.165, 1.54) is 34.9 Å². The Balaban J connectivity index is 0.000000686. The monoisotopic (exact) mass is 1240 g/mol. The first-order valence-electron chi connectivity index (χ1n) is 25.1. The molecular formula is C63H70Fe4N8O3S+12. The molecule has 0 atom stereocenters. The van der Waals surface area contributed by atoms with Crippen molar-refractivity contribution in [3.8, 4) is 44.5 Å². The molecule has 0 radical (unpaired) electrons. The summed E-state index contributed by atoms with van der Waals surface area (Å²) >= 11 is 0. The molecule has 10 rings (SSSR count). The average Bonchev–Trinajstić information content (AvgIpc) is 4.20. The fourth-order valence-electron chi connectivity index (χ4n) is 9.43. The molecule has 0 amide bonds. The first-order chi connectivity index (χ1) is 35.2. The van der Waals surface area contributed by atoms with E-state index in [0.29, 0.717) is 0 Å². The molecule has 406 valence electrons. The number of quaternary nitrogens is 4. The van der Waals surface area contributed by atoms with Crippen molar-refractivity contribution in [2.75, 3.05) is 84.6 Å². The molecule has 11 nitrogen and oxygen atoms in total. The van der Waals surface area contributed by atoms with E-state index in [4.69, 9.17) is 14.5 Å². The van der Waals surface area contributed by atoms with Crippen molar-refractivity contribution in [1.29, 1.82) is 0 Å². The molecule has 5 aromatic carbocycles. The minimum Gasteiger partial charge on any atom is -0.354 e. The van der Waals surface area contributed by atoms with E-state index in [1.54, 1.807) is 12.1 Å². The van der Waals surface area contributed by atoms with E-state index in [2.05, 4.69) is 240 Å². The van der Waals surface area contributed by atoms with Crippen molar-refractivity contribution < 1.29 is 81.2 Å². The predicted molar refractivity (Wildman–Crippen MR) is 320 cm³/mol. The third kappa shape index (κ3) is 14.4. The number of nitrogens with one attached hydrogen (secondary N) is 2. The van der Waals surface area contributed by atoms with Gasteiger partial charge in [0.1, 0.15) is 22.7 Å². The first kappa shape index (κ1) is 64.3. The van der Waals surface area contributed by atoms with Crippen LogP contribution in [0.5, 0.6) is 0 Å². The Morgan fingerprint density at radius 3 is 0.848 bits per heavy atom. The molecule has 16 heteroatoms. The van der Waals surface area contributed by atoms with Crippen LogP contribution in [0.25, 0.3) is 90.9 Å². The maximum atomic E-state index is 10.5. The molecule has 3 N–H and O–H groups in total. The SMILES string of the molecule is C[N+](C)(C)c1ccc(-c2c3nc(c(-c4ccc([N+](C)(C)C)cc4)c4ccc([nH]4)c(-c4ccc([N+](C)(C)C)cc4)c4ccc([nH]4)c(-c4ccc([N+](C)(C)C)cc4)c4nc2C=C4)C=C3)cc1.Cc1ccc(S(=O)(=O)O)cc1.[Fe+2].[Fe+2].[Fe+2].[Fe+2]. The van der Waals surface area contributed by atoms with Gasteiger partial charge < -0.3 is 9.97 Å². The summed E-state index contributed by atoms with van der Waals surface area (Å²) in [6, 6.07) is 50.5. The fraction of sp³-hybridized carbons (Fsp3) is 0.206.